The molecule has 7 nitrogen and oxygen atoms in total. The van der Waals surface area contributed by atoms with E-state index in [0.29, 0.717) is 30.9 Å². The molecule has 3 heterocycles. The second-order valence-electron chi connectivity index (χ2n) is 7.75. The summed E-state index contributed by atoms with van der Waals surface area (Å²) in [5.41, 5.74) is 2.60. The number of anilines is 1. The van der Waals surface area contributed by atoms with Crippen molar-refractivity contribution in [3.05, 3.63) is 41.0 Å². The SMILES string of the molecule is CC(C)c1nnc2n1C[C@H](NC(=O)c1ccc3c(c1)CCC(=O)N3C)CC2. The normalized spacial score (nSPS) is 19.0. The highest BCUT2D eigenvalue weighted by molar-refractivity contribution is 5.99. The van der Waals surface area contributed by atoms with Crippen molar-refractivity contribution >= 4 is 17.5 Å². The van der Waals surface area contributed by atoms with Crippen molar-refractivity contribution in [1.82, 2.24) is 20.1 Å². The van der Waals surface area contributed by atoms with E-state index < -0.39 is 0 Å². The Morgan fingerprint density at radius 1 is 1.22 bits per heavy atom. The Kier molecular flexibility index (Phi) is 4.45. The molecule has 1 N–H and O–H groups in total. The summed E-state index contributed by atoms with van der Waals surface area (Å²) in [6.45, 7) is 4.92. The summed E-state index contributed by atoms with van der Waals surface area (Å²) in [7, 11) is 1.78. The van der Waals surface area contributed by atoms with Crippen molar-refractivity contribution in [3.63, 3.8) is 0 Å². The maximum atomic E-state index is 12.8. The number of benzene rings is 1. The molecule has 0 saturated carbocycles. The molecule has 0 unspecified atom stereocenters. The van der Waals surface area contributed by atoms with E-state index in [9.17, 15) is 9.59 Å². The first-order chi connectivity index (χ1) is 12.9. The van der Waals surface area contributed by atoms with E-state index in [1.807, 2.05) is 12.1 Å². The Morgan fingerprint density at radius 2 is 2.04 bits per heavy atom. The van der Waals surface area contributed by atoms with Gasteiger partial charge in [-0.2, -0.15) is 0 Å². The van der Waals surface area contributed by atoms with Crippen molar-refractivity contribution in [2.24, 2.45) is 0 Å². The van der Waals surface area contributed by atoms with Gasteiger partial charge in [0.15, 0.2) is 0 Å². The lowest BCUT2D eigenvalue weighted by Crippen LogP contribution is -2.41. The van der Waals surface area contributed by atoms with E-state index in [0.717, 1.165) is 35.7 Å². The second kappa shape index (κ2) is 6.79. The molecule has 27 heavy (non-hydrogen) atoms. The first kappa shape index (κ1) is 17.7. The molecule has 0 radical (unpaired) electrons. The molecule has 1 aromatic carbocycles. The zero-order valence-corrected chi connectivity index (χ0v) is 16.0. The number of aromatic nitrogens is 3. The first-order valence-corrected chi connectivity index (χ1v) is 9.56. The molecule has 0 saturated heterocycles. The quantitative estimate of drug-likeness (QED) is 0.900. The van der Waals surface area contributed by atoms with Crippen LogP contribution in [0.1, 0.15) is 60.2 Å². The molecule has 2 aliphatic heterocycles. The molecule has 2 aromatic rings. The lowest BCUT2D eigenvalue weighted by atomic mass is 9.98. The zero-order valence-electron chi connectivity index (χ0n) is 16.0. The summed E-state index contributed by atoms with van der Waals surface area (Å²) >= 11 is 0. The highest BCUT2D eigenvalue weighted by atomic mass is 16.2. The predicted octanol–water partition coefficient (Wildman–Crippen LogP) is 2.06. The van der Waals surface area contributed by atoms with Crippen LogP contribution >= 0.6 is 0 Å². The summed E-state index contributed by atoms with van der Waals surface area (Å²) in [6, 6.07) is 5.66. The molecule has 1 aromatic heterocycles. The van der Waals surface area contributed by atoms with Crippen LogP contribution in [0, 0.1) is 0 Å². The van der Waals surface area contributed by atoms with Crippen molar-refractivity contribution in [3.8, 4) is 0 Å². The van der Waals surface area contributed by atoms with Gasteiger partial charge in [-0.3, -0.25) is 9.59 Å². The maximum absolute atomic E-state index is 12.8. The van der Waals surface area contributed by atoms with Gasteiger partial charge in [-0.15, -0.1) is 10.2 Å². The summed E-state index contributed by atoms with van der Waals surface area (Å²) in [5, 5.41) is 11.7. The molecule has 0 bridgehead atoms. The maximum Gasteiger partial charge on any atom is 0.251 e. The van der Waals surface area contributed by atoms with Gasteiger partial charge in [0.25, 0.3) is 5.91 Å². The third-order valence-electron chi connectivity index (χ3n) is 5.51. The van der Waals surface area contributed by atoms with Gasteiger partial charge in [0.05, 0.1) is 0 Å². The molecule has 0 spiro atoms. The van der Waals surface area contributed by atoms with E-state index in [2.05, 4.69) is 33.9 Å². The summed E-state index contributed by atoms with van der Waals surface area (Å²) in [4.78, 5) is 26.3. The molecule has 7 heteroatoms. The second-order valence-corrected chi connectivity index (χ2v) is 7.75. The Hall–Kier alpha value is -2.70. The van der Waals surface area contributed by atoms with E-state index >= 15 is 0 Å². The van der Waals surface area contributed by atoms with Crippen molar-refractivity contribution in [2.75, 3.05) is 11.9 Å². The van der Waals surface area contributed by atoms with Crippen LogP contribution in [0.25, 0.3) is 0 Å². The van der Waals surface area contributed by atoms with Crippen LogP contribution in [-0.4, -0.2) is 39.7 Å². The molecule has 1 atom stereocenters. The molecule has 2 aliphatic rings. The Balaban J connectivity index is 1.48. The predicted molar refractivity (Wildman–Crippen MR) is 102 cm³/mol. The van der Waals surface area contributed by atoms with Crippen LogP contribution in [0.15, 0.2) is 18.2 Å². The van der Waals surface area contributed by atoms with E-state index in [-0.39, 0.29) is 17.9 Å². The van der Waals surface area contributed by atoms with Crippen molar-refractivity contribution in [1.29, 1.82) is 0 Å². The number of nitrogens with one attached hydrogen (secondary N) is 1. The molecule has 0 aliphatic carbocycles. The van der Waals surface area contributed by atoms with Crippen LogP contribution in [0.4, 0.5) is 5.69 Å². The van der Waals surface area contributed by atoms with Crippen LogP contribution in [0.5, 0.6) is 0 Å². The van der Waals surface area contributed by atoms with Gasteiger partial charge in [-0.05, 0) is 36.6 Å². The Labute approximate surface area is 158 Å². The molecular formula is C20H25N5O2. The van der Waals surface area contributed by atoms with Crippen LogP contribution in [-0.2, 0) is 24.2 Å². The fourth-order valence-corrected chi connectivity index (χ4v) is 3.96. The number of rotatable bonds is 3. The van der Waals surface area contributed by atoms with Gasteiger partial charge < -0.3 is 14.8 Å². The number of carbonyl (C=O) groups excluding carboxylic acids is 2. The third-order valence-corrected chi connectivity index (χ3v) is 5.51. The number of hydrogen-bond acceptors (Lipinski definition) is 4. The Bertz CT molecular complexity index is 902. The highest BCUT2D eigenvalue weighted by Gasteiger charge is 2.26. The molecule has 0 fully saturated rings. The minimum absolute atomic E-state index is 0.0648. The van der Waals surface area contributed by atoms with Gasteiger partial charge in [-0.1, -0.05) is 13.8 Å². The first-order valence-electron chi connectivity index (χ1n) is 9.56. The molecule has 2 amide bonds. The van der Waals surface area contributed by atoms with Gasteiger partial charge in [0.2, 0.25) is 5.91 Å². The number of carbonyl (C=O) groups is 2. The van der Waals surface area contributed by atoms with Crippen molar-refractivity contribution < 1.29 is 9.59 Å². The van der Waals surface area contributed by atoms with Crippen LogP contribution in [0.2, 0.25) is 0 Å². The van der Waals surface area contributed by atoms with Crippen LogP contribution < -0.4 is 10.2 Å². The number of hydrogen-bond donors (Lipinski definition) is 1. The van der Waals surface area contributed by atoms with Gasteiger partial charge in [-0.25, -0.2) is 0 Å². The topological polar surface area (TPSA) is 80.1 Å². The minimum Gasteiger partial charge on any atom is -0.347 e. The lowest BCUT2D eigenvalue weighted by molar-refractivity contribution is -0.118. The highest BCUT2D eigenvalue weighted by Crippen LogP contribution is 2.28. The molecule has 4 rings (SSSR count). The molecule has 142 valence electrons. The largest absolute Gasteiger partial charge is 0.347 e. The number of amides is 2. The van der Waals surface area contributed by atoms with E-state index in [4.69, 9.17) is 0 Å². The van der Waals surface area contributed by atoms with Gasteiger partial charge in [0, 0.05) is 49.6 Å². The minimum atomic E-state index is -0.0648. The summed E-state index contributed by atoms with van der Waals surface area (Å²) < 4.78 is 2.15. The summed E-state index contributed by atoms with van der Waals surface area (Å²) in [6.07, 6.45) is 2.86. The number of aryl methyl sites for hydroxylation is 2. The lowest BCUT2D eigenvalue weighted by Gasteiger charge is -2.27. The summed E-state index contributed by atoms with van der Waals surface area (Å²) in [5.74, 6) is 2.34. The average molecular weight is 367 g/mol. The average Bonchev–Trinajstić information content (AvgIpc) is 3.08. The standard InChI is InChI=1S/C20H25N5O2/c1-12(2)19-23-22-17-8-6-15(11-25(17)19)21-20(27)14-4-7-16-13(10-14)5-9-18(26)24(16)3/h4,7,10,12,15H,5-6,8-9,11H2,1-3H3,(H,21,27)/t15-/m1/s1. The number of fused-ring (bicyclic) bond motifs is 2. The van der Waals surface area contributed by atoms with E-state index in [1.54, 1.807) is 18.0 Å². The Morgan fingerprint density at radius 3 is 2.81 bits per heavy atom. The van der Waals surface area contributed by atoms with Crippen LogP contribution in [0.3, 0.4) is 0 Å². The fourth-order valence-electron chi connectivity index (χ4n) is 3.96. The monoisotopic (exact) mass is 367 g/mol. The van der Waals surface area contributed by atoms with Crippen molar-refractivity contribution in [2.45, 2.75) is 58.0 Å². The van der Waals surface area contributed by atoms with E-state index in [1.165, 1.54) is 0 Å². The fraction of sp³-hybridized carbons (Fsp3) is 0.500. The smallest absolute Gasteiger partial charge is 0.251 e. The third kappa shape index (κ3) is 3.22. The van der Waals surface area contributed by atoms with Gasteiger partial charge in [0.1, 0.15) is 11.6 Å². The van der Waals surface area contributed by atoms with Gasteiger partial charge >= 0.3 is 0 Å². The molecular weight excluding hydrogens is 342 g/mol. The zero-order chi connectivity index (χ0) is 19.1. The number of nitrogens with zero attached hydrogens (tertiary/aromatic N) is 4.